The number of benzene rings is 1. The van der Waals surface area contributed by atoms with Gasteiger partial charge >= 0.3 is 0 Å². The summed E-state index contributed by atoms with van der Waals surface area (Å²) >= 11 is 0. The summed E-state index contributed by atoms with van der Waals surface area (Å²) in [7, 11) is 1.64. The third kappa shape index (κ3) is 4.71. The summed E-state index contributed by atoms with van der Waals surface area (Å²) in [5.41, 5.74) is 1.81. The van der Waals surface area contributed by atoms with Gasteiger partial charge in [-0.25, -0.2) is 4.98 Å². The Morgan fingerprint density at radius 3 is 2.94 bits per heavy atom. The molecule has 4 heterocycles. The summed E-state index contributed by atoms with van der Waals surface area (Å²) in [5, 5.41) is 4.47. The van der Waals surface area contributed by atoms with Crippen LogP contribution < -0.4 is 24.3 Å². The van der Waals surface area contributed by atoms with Gasteiger partial charge in [-0.15, -0.1) is 0 Å². The zero-order valence-electron chi connectivity index (χ0n) is 18.1. The Bertz CT molecular complexity index is 1070. The van der Waals surface area contributed by atoms with Gasteiger partial charge < -0.3 is 29.0 Å². The fourth-order valence-electron chi connectivity index (χ4n) is 3.94. The first-order chi connectivity index (χ1) is 15.8. The quantitative estimate of drug-likeness (QED) is 0.604. The highest BCUT2D eigenvalue weighted by molar-refractivity contribution is 5.86. The molecule has 1 fully saturated rings. The first-order valence-corrected chi connectivity index (χ1v) is 10.9. The number of nitrogens with one attached hydrogen (secondary N) is 1. The number of fused-ring (bicyclic) bond motifs is 2. The standard InChI is InChI=1S/C24H27N3O5/c1-28-19-11-20-21(26-13-19)3-2-4-22(20)32-15-18-7-5-17(14-31-18)25-12-16-6-8-23-24(27-16)30-10-9-29-23/h2-4,6,8,11,13,17-18,25H,5,7,9-10,12,14-15H2,1H3/t17-,18+/m1/s1. The van der Waals surface area contributed by atoms with Crippen molar-refractivity contribution in [3.8, 4) is 23.1 Å². The van der Waals surface area contributed by atoms with E-state index in [1.54, 1.807) is 13.3 Å². The third-order valence-electron chi connectivity index (χ3n) is 5.73. The molecule has 5 rings (SSSR count). The van der Waals surface area contributed by atoms with Gasteiger partial charge in [0.05, 0.1) is 37.2 Å². The number of methoxy groups -OCH3 is 1. The van der Waals surface area contributed by atoms with E-state index in [2.05, 4.69) is 15.3 Å². The van der Waals surface area contributed by atoms with Crippen LogP contribution in [0.1, 0.15) is 18.5 Å². The molecule has 8 nitrogen and oxygen atoms in total. The molecule has 2 aliphatic rings. The molecule has 2 atom stereocenters. The van der Waals surface area contributed by atoms with Crippen LogP contribution in [0.25, 0.3) is 10.9 Å². The summed E-state index contributed by atoms with van der Waals surface area (Å²) in [6, 6.07) is 12.0. The van der Waals surface area contributed by atoms with Crippen molar-refractivity contribution < 1.29 is 23.7 Å². The molecule has 0 radical (unpaired) electrons. The number of nitrogens with zero attached hydrogens (tertiary/aromatic N) is 2. The van der Waals surface area contributed by atoms with E-state index < -0.39 is 0 Å². The second kappa shape index (κ2) is 9.58. The Hall–Kier alpha value is -3.10. The van der Waals surface area contributed by atoms with Crippen LogP contribution in [-0.2, 0) is 11.3 Å². The van der Waals surface area contributed by atoms with Gasteiger partial charge in [0.15, 0.2) is 5.75 Å². The first kappa shape index (κ1) is 20.8. The molecule has 0 amide bonds. The van der Waals surface area contributed by atoms with Crippen molar-refractivity contribution in [2.45, 2.75) is 31.5 Å². The van der Waals surface area contributed by atoms with E-state index in [0.29, 0.717) is 50.4 Å². The molecule has 2 aromatic heterocycles. The van der Waals surface area contributed by atoms with Crippen molar-refractivity contribution in [2.24, 2.45) is 0 Å². The van der Waals surface area contributed by atoms with E-state index >= 15 is 0 Å². The maximum atomic E-state index is 6.10. The van der Waals surface area contributed by atoms with Crippen LogP contribution in [0.3, 0.4) is 0 Å². The summed E-state index contributed by atoms with van der Waals surface area (Å²) < 4.78 is 28.5. The molecule has 3 aromatic rings. The lowest BCUT2D eigenvalue weighted by atomic mass is 10.1. The Morgan fingerprint density at radius 2 is 2.06 bits per heavy atom. The molecule has 0 saturated carbocycles. The van der Waals surface area contributed by atoms with E-state index in [9.17, 15) is 0 Å². The van der Waals surface area contributed by atoms with Crippen molar-refractivity contribution in [3.63, 3.8) is 0 Å². The Balaban J connectivity index is 1.10. The minimum absolute atomic E-state index is 0.0642. The van der Waals surface area contributed by atoms with Crippen LogP contribution >= 0.6 is 0 Å². The fourth-order valence-corrected chi connectivity index (χ4v) is 3.94. The van der Waals surface area contributed by atoms with Gasteiger partial charge in [-0.3, -0.25) is 4.98 Å². The minimum atomic E-state index is 0.0642. The van der Waals surface area contributed by atoms with Gasteiger partial charge in [-0.05, 0) is 43.2 Å². The zero-order chi connectivity index (χ0) is 21.8. The third-order valence-corrected chi connectivity index (χ3v) is 5.73. The van der Waals surface area contributed by atoms with Gasteiger partial charge in [-0.1, -0.05) is 6.07 Å². The maximum Gasteiger partial charge on any atom is 0.257 e. The summed E-state index contributed by atoms with van der Waals surface area (Å²) in [5.74, 6) is 2.80. The molecule has 2 aliphatic heterocycles. The van der Waals surface area contributed by atoms with Crippen LogP contribution in [0.5, 0.6) is 23.1 Å². The van der Waals surface area contributed by atoms with Gasteiger partial charge in [0.2, 0.25) is 0 Å². The Labute approximate surface area is 186 Å². The summed E-state index contributed by atoms with van der Waals surface area (Å²) in [6.45, 7) is 2.93. The lowest BCUT2D eigenvalue weighted by Gasteiger charge is -2.29. The van der Waals surface area contributed by atoms with Crippen LogP contribution in [0.15, 0.2) is 42.6 Å². The smallest absolute Gasteiger partial charge is 0.257 e. The van der Waals surface area contributed by atoms with Crippen LogP contribution in [0.2, 0.25) is 0 Å². The second-order valence-corrected chi connectivity index (χ2v) is 7.92. The fraction of sp³-hybridized carbons (Fsp3) is 0.417. The number of aromatic nitrogens is 2. The van der Waals surface area contributed by atoms with Crippen molar-refractivity contribution in [1.29, 1.82) is 0 Å². The predicted octanol–water partition coefficient (Wildman–Crippen LogP) is 3.13. The molecule has 0 unspecified atom stereocenters. The second-order valence-electron chi connectivity index (χ2n) is 7.92. The van der Waals surface area contributed by atoms with Crippen LogP contribution in [0, 0.1) is 0 Å². The highest BCUT2D eigenvalue weighted by Gasteiger charge is 2.23. The largest absolute Gasteiger partial charge is 0.495 e. The average Bonchev–Trinajstić information content (AvgIpc) is 2.86. The molecule has 0 spiro atoms. The molecule has 1 N–H and O–H groups in total. The van der Waals surface area contributed by atoms with Crippen molar-refractivity contribution in [2.75, 3.05) is 33.5 Å². The topological polar surface area (TPSA) is 84.0 Å². The number of hydrogen-bond donors (Lipinski definition) is 1. The van der Waals surface area contributed by atoms with Crippen LogP contribution in [0.4, 0.5) is 0 Å². The molecular formula is C24H27N3O5. The van der Waals surface area contributed by atoms with Crippen molar-refractivity contribution in [1.82, 2.24) is 15.3 Å². The summed E-state index contributed by atoms with van der Waals surface area (Å²) in [6.07, 6.45) is 3.72. The number of pyridine rings is 2. The molecular weight excluding hydrogens is 410 g/mol. The highest BCUT2D eigenvalue weighted by atomic mass is 16.6. The normalized spacial score (nSPS) is 20.2. The first-order valence-electron chi connectivity index (χ1n) is 10.9. The lowest BCUT2D eigenvalue weighted by Crippen LogP contribution is -2.41. The molecule has 1 aromatic carbocycles. The summed E-state index contributed by atoms with van der Waals surface area (Å²) in [4.78, 5) is 8.95. The average molecular weight is 437 g/mol. The Morgan fingerprint density at radius 1 is 1.12 bits per heavy atom. The van der Waals surface area contributed by atoms with E-state index in [0.717, 1.165) is 35.2 Å². The number of hydrogen-bond acceptors (Lipinski definition) is 8. The maximum absolute atomic E-state index is 6.10. The van der Waals surface area contributed by atoms with Crippen molar-refractivity contribution in [3.05, 3.63) is 48.3 Å². The zero-order valence-corrected chi connectivity index (χ0v) is 18.1. The van der Waals surface area contributed by atoms with Gasteiger partial charge in [0.25, 0.3) is 5.88 Å². The number of rotatable bonds is 7. The predicted molar refractivity (Wildman–Crippen MR) is 119 cm³/mol. The van der Waals surface area contributed by atoms with Crippen LogP contribution in [-0.4, -0.2) is 55.7 Å². The number of ether oxygens (including phenoxy) is 5. The lowest BCUT2D eigenvalue weighted by molar-refractivity contribution is -0.0262. The van der Waals surface area contributed by atoms with E-state index in [1.807, 2.05) is 36.4 Å². The molecule has 1 saturated heterocycles. The molecule has 8 heteroatoms. The molecule has 32 heavy (non-hydrogen) atoms. The SMILES string of the molecule is COc1cnc2cccc(OC[C@@H]3CC[C@@H](NCc4ccc5c(n4)OCCO5)CO3)c2c1. The molecule has 168 valence electrons. The minimum Gasteiger partial charge on any atom is -0.495 e. The van der Waals surface area contributed by atoms with E-state index in [1.165, 1.54) is 0 Å². The van der Waals surface area contributed by atoms with Crippen molar-refractivity contribution >= 4 is 10.9 Å². The van der Waals surface area contributed by atoms with E-state index in [4.69, 9.17) is 23.7 Å². The van der Waals surface area contributed by atoms with Gasteiger partial charge in [0, 0.05) is 18.0 Å². The van der Waals surface area contributed by atoms with E-state index in [-0.39, 0.29) is 12.1 Å². The van der Waals surface area contributed by atoms with Gasteiger partial charge in [-0.2, -0.15) is 0 Å². The highest BCUT2D eigenvalue weighted by Crippen LogP contribution is 2.29. The molecule has 0 aliphatic carbocycles. The molecule has 0 bridgehead atoms. The Kier molecular flexibility index (Phi) is 6.22. The van der Waals surface area contributed by atoms with Gasteiger partial charge in [0.1, 0.15) is 31.3 Å². The monoisotopic (exact) mass is 437 g/mol.